The highest BCUT2D eigenvalue weighted by Crippen LogP contribution is 2.32. The van der Waals surface area contributed by atoms with Gasteiger partial charge in [0.15, 0.2) is 0 Å². The molecule has 13 heteroatoms. The van der Waals surface area contributed by atoms with Gasteiger partial charge in [-0.15, -0.1) is 0 Å². The molecule has 0 aliphatic heterocycles. The monoisotopic (exact) mass is 521 g/mol. The molecule has 37 heavy (non-hydrogen) atoms. The molecular weight excluding hydrogens is 495 g/mol. The lowest BCUT2D eigenvalue weighted by molar-refractivity contribution is -0.387. The van der Waals surface area contributed by atoms with Gasteiger partial charge in [-0.3, -0.25) is 28.7 Å². The molecule has 0 aliphatic carbocycles. The van der Waals surface area contributed by atoms with E-state index in [0.29, 0.717) is 18.4 Å². The first-order valence-corrected chi connectivity index (χ1v) is 11.4. The third kappa shape index (κ3) is 6.42. The number of unbranched alkanes of at least 4 members (excludes halogenated alkanes) is 1. The minimum Gasteiger partial charge on any atom is -0.383 e. The van der Waals surface area contributed by atoms with Crippen molar-refractivity contribution < 1.29 is 22.8 Å². The first kappa shape index (κ1) is 27.6. The number of benzene rings is 1. The van der Waals surface area contributed by atoms with Gasteiger partial charge in [-0.05, 0) is 30.2 Å². The quantitative estimate of drug-likeness (QED) is 0.280. The van der Waals surface area contributed by atoms with E-state index in [9.17, 15) is 32.9 Å². The van der Waals surface area contributed by atoms with Crippen molar-refractivity contribution >= 4 is 17.8 Å². The normalized spacial score (nSPS) is 11.9. The van der Waals surface area contributed by atoms with Gasteiger partial charge in [0.1, 0.15) is 5.69 Å². The zero-order valence-electron chi connectivity index (χ0n) is 20.3. The summed E-state index contributed by atoms with van der Waals surface area (Å²) in [6.07, 6.45) is 2.12. The van der Waals surface area contributed by atoms with E-state index in [1.54, 1.807) is 0 Å². The Morgan fingerprint density at radius 1 is 1.14 bits per heavy atom. The van der Waals surface area contributed by atoms with Crippen LogP contribution < -0.4 is 11.2 Å². The summed E-state index contributed by atoms with van der Waals surface area (Å²) in [7, 11) is 1.41. The summed E-state index contributed by atoms with van der Waals surface area (Å²) in [4.78, 5) is 36.9. The Hall–Kier alpha value is -4.00. The minimum atomic E-state index is -4.52. The van der Waals surface area contributed by atoms with Gasteiger partial charge >= 0.3 is 23.1 Å². The zero-order valence-corrected chi connectivity index (χ0v) is 20.3. The van der Waals surface area contributed by atoms with E-state index in [-0.39, 0.29) is 37.5 Å². The summed E-state index contributed by atoms with van der Waals surface area (Å²) in [5.74, 6) is 0. The van der Waals surface area contributed by atoms with Crippen LogP contribution in [0.15, 0.2) is 46.2 Å². The van der Waals surface area contributed by atoms with Gasteiger partial charge in [0.25, 0.3) is 0 Å². The number of aromatic nitrogens is 4. The number of halogens is 3. The number of hydrogen-bond acceptors (Lipinski definition) is 6. The Balaban J connectivity index is 2.01. The largest absolute Gasteiger partial charge is 0.416 e. The van der Waals surface area contributed by atoms with Crippen LogP contribution in [-0.2, 0) is 30.5 Å². The maximum Gasteiger partial charge on any atom is 0.416 e. The summed E-state index contributed by atoms with van der Waals surface area (Å²) in [6, 6.07) is 5.14. The van der Waals surface area contributed by atoms with Crippen molar-refractivity contribution in [1.29, 1.82) is 0 Å². The Morgan fingerprint density at radius 3 is 2.51 bits per heavy atom. The van der Waals surface area contributed by atoms with Crippen molar-refractivity contribution in [2.45, 2.75) is 45.6 Å². The van der Waals surface area contributed by atoms with Crippen LogP contribution in [0.4, 0.5) is 18.9 Å². The average molecular weight is 521 g/mol. The van der Waals surface area contributed by atoms with Gasteiger partial charge in [-0.1, -0.05) is 31.5 Å². The zero-order chi connectivity index (χ0) is 27.2. The van der Waals surface area contributed by atoms with Crippen LogP contribution in [-0.4, -0.2) is 37.6 Å². The maximum absolute atomic E-state index is 13.3. The summed E-state index contributed by atoms with van der Waals surface area (Å²) in [5, 5.41) is 15.9. The molecule has 0 bridgehead atoms. The van der Waals surface area contributed by atoms with Crippen molar-refractivity contribution in [2.75, 3.05) is 13.7 Å². The summed E-state index contributed by atoms with van der Waals surface area (Å²) < 4.78 is 48.2. The molecule has 10 nitrogen and oxygen atoms in total. The molecule has 1 aromatic carbocycles. The molecule has 3 aromatic rings. The van der Waals surface area contributed by atoms with Gasteiger partial charge in [0.2, 0.25) is 0 Å². The smallest absolute Gasteiger partial charge is 0.383 e. The van der Waals surface area contributed by atoms with Crippen LogP contribution in [0, 0.1) is 10.1 Å². The third-order valence-electron chi connectivity index (χ3n) is 5.62. The van der Waals surface area contributed by atoms with E-state index in [1.807, 2.05) is 6.92 Å². The van der Waals surface area contributed by atoms with E-state index in [0.717, 1.165) is 15.2 Å². The molecule has 0 N–H and O–H groups in total. The van der Waals surface area contributed by atoms with Crippen LogP contribution in [0.2, 0.25) is 0 Å². The SMILES string of the molecule is CCCCn1c(=O)c([N+](=O)[O-])c(/C=C/c2cnn(Cc3ccccc3C(F)(F)F)c2)n(CCOC)c1=O. The van der Waals surface area contributed by atoms with E-state index >= 15 is 0 Å². The topological polar surface area (TPSA) is 114 Å². The standard InChI is InChI=1S/C24H26F3N5O5/c1-3-4-11-31-22(33)21(32(35)36)20(30(23(31)34)12-13-37-2)10-9-17-14-28-29(15-17)16-18-7-5-6-8-19(18)24(25,26)27/h5-10,14-15H,3-4,11-13,16H2,1-2H3/b10-9+. The van der Waals surface area contributed by atoms with Crippen LogP contribution in [0.5, 0.6) is 0 Å². The highest BCUT2D eigenvalue weighted by Gasteiger charge is 2.33. The molecule has 0 saturated carbocycles. The predicted molar refractivity (Wildman–Crippen MR) is 130 cm³/mol. The van der Waals surface area contributed by atoms with Crippen molar-refractivity contribution in [3.05, 3.63) is 90.0 Å². The van der Waals surface area contributed by atoms with E-state index in [1.165, 1.54) is 54.5 Å². The summed E-state index contributed by atoms with van der Waals surface area (Å²) in [6.45, 7) is 1.78. The fourth-order valence-corrected chi connectivity index (χ4v) is 3.79. The Kier molecular flexibility index (Phi) is 8.81. The van der Waals surface area contributed by atoms with Crippen LogP contribution in [0.25, 0.3) is 12.2 Å². The van der Waals surface area contributed by atoms with Crippen LogP contribution in [0.3, 0.4) is 0 Å². The van der Waals surface area contributed by atoms with E-state index in [4.69, 9.17) is 4.74 Å². The fraction of sp³-hybridized carbons (Fsp3) is 0.375. The number of hydrogen-bond donors (Lipinski definition) is 0. The second-order valence-electron chi connectivity index (χ2n) is 8.19. The number of nitrogens with zero attached hydrogens (tertiary/aromatic N) is 5. The van der Waals surface area contributed by atoms with E-state index < -0.39 is 33.6 Å². The summed E-state index contributed by atoms with van der Waals surface area (Å²) >= 11 is 0. The Labute approximate surface area is 209 Å². The van der Waals surface area contributed by atoms with Crippen LogP contribution >= 0.6 is 0 Å². The highest BCUT2D eigenvalue weighted by atomic mass is 19.4. The molecule has 2 heterocycles. The molecule has 0 amide bonds. The first-order valence-electron chi connectivity index (χ1n) is 11.4. The molecule has 198 valence electrons. The minimum absolute atomic E-state index is 0.0216. The molecule has 0 spiro atoms. The lowest BCUT2D eigenvalue weighted by atomic mass is 10.1. The lowest BCUT2D eigenvalue weighted by Gasteiger charge is -2.13. The third-order valence-corrected chi connectivity index (χ3v) is 5.62. The van der Waals surface area contributed by atoms with Crippen molar-refractivity contribution in [2.24, 2.45) is 0 Å². The van der Waals surface area contributed by atoms with E-state index in [2.05, 4.69) is 5.10 Å². The molecule has 0 radical (unpaired) electrons. The van der Waals surface area contributed by atoms with Crippen molar-refractivity contribution in [1.82, 2.24) is 18.9 Å². The van der Waals surface area contributed by atoms with Crippen molar-refractivity contribution in [3.63, 3.8) is 0 Å². The molecular formula is C24H26F3N5O5. The molecule has 3 rings (SSSR count). The highest BCUT2D eigenvalue weighted by molar-refractivity contribution is 5.71. The van der Waals surface area contributed by atoms with Gasteiger partial charge in [-0.2, -0.15) is 18.3 Å². The number of nitro groups is 1. The second-order valence-corrected chi connectivity index (χ2v) is 8.19. The van der Waals surface area contributed by atoms with Gasteiger partial charge in [-0.25, -0.2) is 4.79 Å². The van der Waals surface area contributed by atoms with Gasteiger partial charge in [0.05, 0.1) is 36.4 Å². The number of rotatable bonds is 11. The van der Waals surface area contributed by atoms with Crippen LogP contribution in [0.1, 0.15) is 42.1 Å². The Morgan fingerprint density at radius 2 is 1.86 bits per heavy atom. The fourth-order valence-electron chi connectivity index (χ4n) is 3.79. The molecule has 2 aromatic heterocycles. The molecule has 0 atom stereocenters. The average Bonchev–Trinajstić information content (AvgIpc) is 3.28. The first-order chi connectivity index (χ1) is 17.6. The lowest BCUT2D eigenvalue weighted by Crippen LogP contribution is -2.42. The number of ether oxygens (including phenoxy) is 1. The Bertz CT molecular complexity index is 1400. The van der Waals surface area contributed by atoms with Crippen molar-refractivity contribution in [3.8, 4) is 0 Å². The predicted octanol–water partition coefficient (Wildman–Crippen LogP) is 3.80. The van der Waals surface area contributed by atoms with Gasteiger partial charge < -0.3 is 4.74 Å². The van der Waals surface area contributed by atoms with Gasteiger partial charge in [0, 0.05) is 25.4 Å². The summed E-state index contributed by atoms with van der Waals surface area (Å²) in [5.41, 5.74) is -3.01. The number of methoxy groups -OCH3 is 1. The molecule has 0 fully saturated rings. The molecule has 0 unspecified atom stereocenters. The molecule has 0 saturated heterocycles. The molecule has 0 aliphatic rings. The second kappa shape index (κ2) is 11.8. The number of alkyl halides is 3. The maximum atomic E-state index is 13.3.